The fourth-order valence-electron chi connectivity index (χ4n) is 2.58. The lowest BCUT2D eigenvalue weighted by atomic mass is 10.4. The van der Waals surface area contributed by atoms with Crippen molar-refractivity contribution in [3.05, 3.63) is 0 Å². The van der Waals surface area contributed by atoms with Crippen molar-refractivity contribution in [2.75, 3.05) is 75.4 Å². The SMILES string of the molecule is OS1(O)CCN(CCNCCN2CCS(O)(O)CC2)CC1. The van der Waals surface area contributed by atoms with Crippen LogP contribution in [0.3, 0.4) is 0 Å². The normalized spacial score (nSPS) is 29.9. The molecule has 2 fully saturated rings. The van der Waals surface area contributed by atoms with Gasteiger partial charge in [0, 0.05) is 52.4 Å². The summed E-state index contributed by atoms with van der Waals surface area (Å²) in [6.45, 7) is 6.78. The zero-order chi connectivity index (χ0) is 15.3. The first-order chi connectivity index (χ1) is 9.86. The summed E-state index contributed by atoms with van der Waals surface area (Å²) in [5.74, 6) is 2.03. The molecule has 5 N–H and O–H groups in total. The Morgan fingerprint density at radius 3 is 1.33 bits per heavy atom. The molecule has 2 heterocycles. The number of hydrogen-bond donors (Lipinski definition) is 5. The van der Waals surface area contributed by atoms with E-state index in [-0.39, 0.29) is 0 Å². The summed E-state index contributed by atoms with van der Waals surface area (Å²) in [6, 6.07) is 0. The van der Waals surface area contributed by atoms with Gasteiger partial charge in [-0.15, -0.1) is 0 Å². The molecular weight excluding hydrogens is 314 g/mol. The van der Waals surface area contributed by atoms with Crippen LogP contribution in [0.1, 0.15) is 0 Å². The molecule has 0 bridgehead atoms. The predicted octanol–water partition coefficient (Wildman–Crippen LogP) is 0.708. The van der Waals surface area contributed by atoms with Crippen LogP contribution in [-0.4, -0.2) is 103 Å². The minimum Gasteiger partial charge on any atom is -0.314 e. The number of nitrogens with one attached hydrogen (secondary N) is 1. The highest BCUT2D eigenvalue weighted by Gasteiger charge is 2.22. The average Bonchev–Trinajstić information content (AvgIpc) is 2.42. The molecular formula is C12H29N3O4S2. The number of hydrogen-bond acceptors (Lipinski definition) is 7. The molecule has 0 unspecified atom stereocenters. The quantitative estimate of drug-likeness (QED) is 0.453. The third-order valence-electron chi connectivity index (χ3n) is 4.15. The van der Waals surface area contributed by atoms with Crippen LogP contribution in [-0.2, 0) is 0 Å². The predicted molar refractivity (Wildman–Crippen MR) is 90.9 cm³/mol. The van der Waals surface area contributed by atoms with Crippen LogP contribution in [0.5, 0.6) is 0 Å². The standard InChI is InChI=1S/C12H29N3O4S2/c16-20(17)9-5-14(6-10-20)3-1-13-2-4-15-7-11-21(18,19)12-8-15/h13,16-19H,1-12H2. The van der Waals surface area contributed by atoms with E-state index in [0.29, 0.717) is 23.0 Å². The molecule has 0 saturated carbocycles. The van der Waals surface area contributed by atoms with Gasteiger partial charge >= 0.3 is 0 Å². The van der Waals surface area contributed by atoms with E-state index >= 15 is 0 Å². The molecule has 9 heteroatoms. The Kier molecular flexibility index (Phi) is 6.60. The smallest absolute Gasteiger partial charge is 0.0502 e. The van der Waals surface area contributed by atoms with Crippen LogP contribution in [0.15, 0.2) is 0 Å². The molecule has 2 rings (SSSR count). The maximum atomic E-state index is 9.54. The van der Waals surface area contributed by atoms with Gasteiger partial charge in [-0.05, 0) is 0 Å². The molecule has 0 atom stereocenters. The van der Waals surface area contributed by atoms with Crippen LogP contribution in [0.4, 0.5) is 0 Å². The maximum Gasteiger partial charge on any atom is 0.0502 e. The molecule has 0 amide bonds. The van der Waals surface area contributed by atoms with Crippen molar-refractivity contribution >= 4 is 21.2 Å². The molecule has 2 aliphatic heterocycles. The van der Waals surface area contributed by atoms with Gasteiger partial charge in [0.25, 0.3) is 0 Å². The zero-order valence-corrected chi connectivity index (χ0v) is 14.1. The second-order valence-corrected chi connectivity index (χ2v) is 10.7. The topological polar surface area (TPSA) is 99.4 Å². The van der Waals surface area contributed by atoms with E-state index in [1.54, 1.807) is 0 Å². The molecule has 7 nitrogen and oxygen atoms in total. The van der Waals surface area contributed by atoms with Gasteiger partial charge in [-0.25, -0.2) is 0 Å². The van der Waals surface area contributed by atoms with Crippen molar-refractivity contribution in [2.24, 2.45) is 0 Å². The van der Waals surface area contributed by atoms with Gasteiger partial charge in [0.15, 0.2) is 0 Å². The van der Waals surface area contributed by atoms with E-state index in [2.05, 4.69) is 15.1 Å². The molecule has 0 radical (unpaired) electrons. The largest absolute Gasteiger partial charge is 0.314 e. The van der Waals surface area contributed by atoms with Crippen molar-refractivity contribution in [2.45, 2.75) is 0 Å². The lowest BCUT2D eigenvalue weighted by molar-refractivity contribution is 0.268. The van der Waals surface area contributed by atoms with Crippen LogP contribution >= 0.6 is 21.2 Å². The lowest BCUT2D eigenvalue weighted by Gasteiger charge is -2.41. The first-order valence-corrected chi connectivity index (χ1v) is 11.3. The van der Waals surface area contributed by atoms with E-state index in [9.17, 15) is 18.2 Å². The molecule has 2 saturated heterocycles. The number of rotatable bonds is 6. The van der Waals surface area contributed by atoms with Crippen molar-refractivity contribution < 1.29 is 18.2 Å². The Hall–Kier alpha value is 0.420. The molecule has 0 aromatic carbocycles. The summed E-state index contributed by atoms with van der Waals surface area (Å²) in [6.07, 6.45) is 0. The zero-order valence-electron chi connectivity index (χ0n) is 12.5. The minimum absolute atomic E-state index is 0.507. The highest BCUT2D eigenvalue weighted by Crippen LogP contribution is 2.40. The van der Waals surface area contributed by atoms with Crippen LogP contribution in [0.2, 0.25) is 0 Å². The summed E-state index contributed by atoms with van der Waals surface area (Å²) in [5.41, 5.74) is 0. The molecule has 0 aromatic rings. The summed E-state index contributed by atoms with van der Waals surface area (Å²) in [5, 5.41) is 3.40. The van der Waals surface area contributed by atoms with Gasteiger partial charge in [-0.2, -0.15) is 21.2 Å². The monoisotopic (exact) mass is 343 g/mol. The van der Waals surface area contributed by atoms with Crippen LogP contribution in [0, 0.1) is 0 Å². The highest BCUT2D eigenvalue weighted by atomic mass is 32.3. The second-order valence-electron chi connectivity index (χ2n) is 5.85. The summed E-state index contributed by atoms with van der Waals surface area (Å²) in [7, 11) is -4.57. The van der Waals surface area contributed by atoms with Crippen LogP contribution < -0.4 is 5.32 Å². The molecule has 0 aliphatic carbocycles. The Morgan fingerprint density at radius 1 is 0.667 bits per heavy atom. The van der Waals surface area contributed by atoms with Gasteiger partial charge < -0.3 is 5.32 Å². The Bertz CT molecular complexity index is 284. The highest BCUT2D eigenvalue weighted by molar-refractivity contribution is 8.24. The maximum absolute atomic E-state index is 9.54. The average molecular weight is 344 g/mol. The van der Waals surface area contributed by atoms with E-state index in [1.165, 1.54) is 0 Å². The molecule has 128 valence electrons. The molecule has 2 aliphatic rings. The molecule has 0 aromatic heterocycles. The summed E-state index contributed by atoms with van der Waals surface area (Å²) < 4.78 is 38.2. The van der Waals surface area contributed by atoms with Gasteiger partial charge in [0.2, 0.25) is 0 Å². The van der Waals surface area contributed by atoms with Crippen molar-refractivity contribution in [1.82, 2.24) is 15.1 Å². The fourth-order valence-corrected chi connectivity index (χ4v) is 5.19. The Balaban J connectivity index is 1.48. The summed E-state index contributed by atoms with van der Waals surface area (Å²) in [4.78, 5) is 4.53. The van der Waals surface area contributed by atoms with Crippen molar-refractivity contribution in [3.63, 3.8) is 0 Å². The first kappa shape index (κ1) is 17.8. The van der Waals surface area contributed by atoms with E-state index in [1.807, 2.05) is 0 Å². The van der Waals surface area contributed by atoms with Gasteiger partial charge in [0.1, 0.15) is 0 Å². The van der Waals surface area contributed by atoms with E-state index in [0.717, 1.165) is 52.4 Å². The minimum atomic E-state index is -2.28. The van der Waals surface area contributed by atoms with E-state index in [4.69, 9.17) is 0 Å². The van der Waals surface area contributed by atoms with Crippen LogP contribution in [0.25, 0.3) is 0 Å². The Labute approximate surface area is 130 Å². The third-order valence-corrected chi connectivity index (χ3v) is 7.49. The second kappa shape index (κ2) is 7.80. The van der Waals surface area contributed by atoms with Gasteiger partial charge in [-0.1, -0.05) is 0 Å². The third kappa shape index (κ3) is 6.59. The number of nitrogens with zero attached hydrogens (tertiary/aromatic N) is 2. The fraction of sp³-hybridized carbons (Fsp3) is 1.00. The van der Waals surface area contributed by atoms with Crippen molar-refractivity contribution in [3.8, 4) is 0 Å². The first-order valence-electron chi connectivity index (χ1n) is 7.49. The Morgan fingerprint density at radius 2 is 1.00 bits per heavy atom. The van der Waals surface area contributed by atoms with Crippen molar-refractivity contribution in [1.29, 1.82) is 0 Å². The van der Waals surface area contributed by atoms with Gasteiger partial charge in [-0.3, -0.25) is 28.0 Å². The van der Waals surface area contributed by atoms with E-state index < -0.39 is 21.2 Å². The summed E-state index contributed by atoms with van der Waals surface area (Å²) >= 11 is 0. The molecule has 0 spiro atoms. The lowest BCUT2D eigenvalue weighted by Crippen LogP contribution is -2.44. The van der Waals surface area contributed by atoms with Gasteiger partial charge in [0.05, 0.1) is 23.0 Å². The molecule has 21 heavy (non-hydrogen) atoms.